The molecule has 6 nitrogen and oxygen atoms in total. The van der Waals surface area contributed by atoms with Gasteiger partial charge in [-0.15, -0.1) is 11.3 Å². The summed E-state index contributed by atoms with van der Waals surface area (Å²) in [5, 5.41) is 17.3. The topological polar surface area (TPSA) is 94.9 Å². The van der Waals surface area contributed by atoms with E-state index >= 15 is 0 Å². The Bertz CT molecular complexity index is 596. The summed E-state index contributed by atoms with van der Waals surface area (Å²) in [5.41, 5.74) is 0. The van der Waals surface area contributed by atoms with Crippen molar-refractivity contribution in [1.29, 1.82) is 0 Å². The molecule has 0 aromatic carbocycles. The molecule has 0 saturated carbocycles. The number of aliphatic hydroxyl groups excluding tert-OH is 1. The minimum absolute atomic E-state index is 0.114. The Morgan fingerprint density at radius 3 is 2.43 bits per heavy atom. The Labute approximate surface area is 122 Å². The predicted octanol–water partition coefficient (Wildman–Crippen LogP) is 0.921. The summed E-state index contributed by atoms with van der Waals surface area (Å²) >= 11 is 0.589. The van der Waals surface area contributed by atoms with Gasteiger partial charge in [-0.3, -0.25) is 4.79 Å². The second kappa shape index (κ2) is 6.73. The summed E-state index contributed by atoms with van der Waals surface area (Å²) in [6.45, 7) is -3.18. The van der Waals surface area contributed by atoms with Gasteiger partial charge in [0.25, 0.3) is 10.0 Å². The van der Waals surface area contributed by atoms with Gasteiger partial charge < -0.3 is 10.2 Å². The van der Waals surface area contributed by atoms with E-state index in [1.54, 1.807) is 0 Å². The molecule has 2 N–H and O–H groups in total. The second-order valence-corrected chi connectivity index (χ2v) is 7.30. The number of hydrogen-bond acceptors (Lipinski definition) is 5. The average molecular weight is 347 g/mol. The summed E-state index contributed by atoms with van der Waals surface area (Å²) in [5.74, 6) is -1.18. The molecule has 0 saturated heterocycles. The van der Waals surface area contributed by atoms with Gasteiger partial charge in [0.1, 0.15) is 10.8 Å². The summed E-state index contributed by atoms with van der Waals surface area (Å²) in [6.07, 6.45) is -5.16. The lowest BCUT2D eigenvalue weighted by molar-refractivity contribution is -0.137. The molecule has 1 rings (SSSR count). The number of thiophene rings is 1. The van der Waals surface area contributed by atoms with Crippen LogP contribution in [-0.2, 0) is 21.2 Å². The lowest BCUT2D eigenvalue weighted by atomic mass is 10.3. The molecule has 1 heterocycles. The van der Waals surface area contributed by atoms with Gasteiger partial charge in [-0.05, 0) is 12.1 Å². The van der Waals surface area contributed by atoms with Gasteiger partial charge in [0.05, 0.1) is 13.0 Å². The van der Waals surface area contributed by atoms with Crippen molar-refractivity contribution in [3.63, 3.8) is 0 Å². The van der Waals surface area contributed by atoms with Gasteiger partial charge in [0.2, 0.25) is 0 Å². The lowest BCUT2D eigenvalue weighted by Crippen LogP contribution is -2.40. The number of aliphatic hydroxyl groups is 1. The third-order valence-electron chi connectivity index (χ3n) is 2.26. The number of aliphatic carboxylic acids is 1. The lowest BCUT2D eigenvalue weighted by Gasteiger charge is -2.21. The quantitative estimate of drug-likeness (QED) is 0.765. The number of alkyl halides is 3. The smallest absolute Gasteiger partial charge is 0.402 e. The molecule has 0 atom stereocenters. The van der Waals surface area contributed by atoms with Crippen LogP contribution in [0.2, 0.25) is 0 Å². The highest BCUT2D eigenvalue weighted by Gasteiger charge is 2.37. The number of carboxylic acid groups (broad SMARTS) is 1. The van der Waals surface area contributed by atoms with Crippen molar-refractivity contribution in [3.8, 4) is 0 Å². The minimum atomic E-state index is -4.75. The summed E-state index contributed by atoms with van der Waals surface area (Å²) < 4.78 is 61.0. The highest BCUT2D eigenvalue weighted by molar-refractivity contribution is 7.91. The van der Waals surface area contributed by atoms with Gasteiger partial charge in [-0.25, -0.2) is 8.42 Å². The van der Waals surface area contributed by atoms with Crippen molar-refractivity contribution in [3.05, 3.63) is 17.0 Å². The van der Waals surface area contributed by atoms with E-state index in [9.17, 15) is 26.4 Å². The zero-order valence-electron chi connectivity index (χ0n) is 10.5. The molecule has 120 valence electrons. The van der Waals surface area contributed by atoms with E-state index in [4.69, 9.17) is 10.2 Å². The summed E-state index contributed by atoms with van der Waals surface area (Å²) in [4.78, 5) is 10.7. The van der Waals surface area contributed by atoms with Crippen LogP contribution in [0.5, 0.6) is 0 Å². The van der Waals surface area contributed by atoms with E-state index < -0.39 is 52.5 Å². The number of nitrogens with zero attached hydrogens (tertiary/aromatic N) is 1. The van der Waals surface area contributed by atoms with E-state index in [2.05, 4.69) is 0 Å². The largest absolute Gasteiger partial charge is 0.481 e. The van der Waals surface area contributed by atoms with Crippen molar-refractivity contribution in [1.82, 2.24) is 4.31 Å². The maximum absolute atomic E-state index is 12.4. The summed E-state index contributed by atoms with van der Waals surface area (Å²) in [6, 6.07) is 2.29. The number of sulfonamides is 1. The van der Waals surface area contributed by atoms with Crippen LogP contribution < -0.4 is 0 Å². The van der Waals surface area contributed by atoms with Crippen LogP contribution in [0.1, 0.15) is 4.88 Å². The molecule has 0 amide bonds. The molecule has 0 aliphatic rings. The van der Waals surface area contributed by atoms with Gasteiger partial charge >= 0.3 is 12.1 Å². The van der Waals surface area contributed by atoms with Crippen LogP contribution in [0.15, 0.2) is 16.3 Å². The van der Waals surface area contributed by atoms with Gasteiger partial charge in [-0.2, -0.15) is 17.5 Å². The van der Waals surface area contributed by atoms with Crippen LogP contribution >= 0.6 is 11.3 Å². The molecule has 0 fully saturated rings. The SMILES string of the molecule is O=C(O)Cc1ccc(S(=O)(=O)N(CCO)CC(F)(F)F)s1. The Morgan fingerprint density at radius 2 is 1.95 bits per heavy atom. The highest BCUT2D eigenvalue weighted by atomic mass is 32.2. The first-order chi connectivity index (χ1) is 9.56. The first-order valence-electron chi connectivity index (χ1n) is 5.54. The molecule has 1 aromatic rings. The number of rotatable bonds is 7. The van der Waals surface area contributed by atoms with Crippen molar-refractivity contribution < 1.29 is 36.6 Å². The van der Waals surface area contributed by atoms with Gasteiger partial charge in [-0.1, -0.05) is 0 Å². The maximum Gasteiger partial charge on any atom is 0.402 e. The fraction of sp³-hybridized carbons (Fsp3) is 0.500. The maximum atomic E-state index is 12.4. The van der Waals surface area contributed by atoms with E-state index in [1.807, 2.05) is 0 Å². The molecular formula is C10H12F3NO5S2. The second-order valence-electron chi connectivity index (χ2n) is 3.97. The van der Waals surface area contributed by atoms with Crippen molar-refractivity contribution in [2.45, 2.75) is 16.8 Å². The molecule has 0 bridgehead atoms. The zero-order valence-corrected chi connectivity index (χ0v) is 12.1. The van der Waals surface area contributed by atoms with Crippen LogP contribution in [0, 0.1) is 0 Å². The van der Waals surface area contributed by atoms with Crippen molar-refractivity contribution in [2.75, 3.05) is 19.7 Å². The monoisotopic (exact) mass is 347 g/mol. The third-order valence-corrected chi connectivity index (χ3v) is 5.66. The number of carboxylic acids is 1. The van der Waals surface area contributed by atoms with Crippen LogP contribution in [0.3, 0.4) is 0 Å². The number of carbonyl (C=O) groups is 1. The van der Waals surface area contributed by atoms with Gasteiger partial charge in [0, 0.05) is 11.4 Å². The van der Waals surface area contributed by atoms with Crippen molar-refractivity contribution in [2.24, 2.45) is 0 Å². The molecule has 0 spiro atoms. The molecule has 1 aromatic heterocycles. The molecular weight excluding hydrogens is 335 g/mol. The van der Waals surface area contributed by atoms with Crippen molar-refractivity contribution >= 4 is 27.3 Å². The average Bonchev–Trinajstić information content (AvgIpc) is 2.74. The minimum Gasteiger partial charge on any atom is -0.481 e. The molecule has 21 heavy (non-hydrogen) atoms. The first-order valence-corrected chi connectivity index (χ1v) is 7.80. The van der Waals surface area contributed by atoms with Crippen LogP contribution in [0.25, 0.3) is 0 Å². The Morgan fingerprint density at radius 1 is 1.33 bits per heavy atom. The van der Waals surface area contributed by atoms with Crippen LogP contribution in [-0.4, -0.2) is 54.8 Å². The Hall–Kier alpha value is -1.17. The normalized spacial score (nSPS) is 12.8. The van der Waals surface area contributed by atoms with E-state index in [0.29, 0.717) is 11.3 Å². The number of hydrogen-bond donors (Lipinski definition) is 2. The highest BCUT2D eigenvalue weighted by Crippen LogP contribution is 2.27. The molecule has 11 heteroatoms. The first kappa shape index (κ1) is 17.9. The fourth-order valence-corrected chi connectivity index (χ4v) is 4.38. The van der Waals surface area contributed by atoms with E-state index in [0.717, 1.165) is 6.07 Å². The Balaban J connectivity index is 3.05. The number of halogens is 3. The van der Waals surface area contributed by atoms with Gasteiger partial charge in [0.15, 0.2) is 0 Å². The fourth-order valence-electron chi connectivity index (χ4n) is 1.46. The molecule has 0 radical (unpaired) electrons. The zero-order chi connectivity index (χ0) is 16.3. The Kier molecular flexibility index (Phi) is 5.73. The molecule has 0 aliphatic carbocycles. The third kappa shape index (κ3) is 5.26. The predicted molar refractivity (Wildman–Crippen MR) is 67.6 cm³/mol. The molecule has 0 unspecified atom stereocenters. The standard InChI is InChI=1S/C10H12F3NO5S2/c11-10(12,13)6-14(3-4-15)21(18,19)9-2-1-7(20-9)5-8(16)17/h1-2,15H,3-6H2,(H,16,17). The van der Waals surface area contributed by atoms with Crippen LogP contribution in [0.4, 0.5) is 13.2 Å². The van der Waals surface area contributed by atoms with E-state index in [1.165, 1.54) is 6.07 Å². The molecule has 0 aliphatic heterocycles. The summed E-state index contributed by atoms with van der Waals surface area (Å²) in [7, 11) is -4.43. The van der Waals surface area contributed by atoms with E-state index in [-0.39, 0.29) is 9.18 Å².